The molecule has 0 spiro atoms. The van der Waals surface area contributed by atoms with Crippen LogP contribution in [0, 0.1) is 20.8 Å². The molecule has 1 N–H and O–H groups in total. The van der Waals surface area contributed by atoms with Crippen LogP contribution in [0.5, 0.6) is 11.5 Å². The summed E-state index contributed by atoms with van der Waals surface area (Å²) in [6, 6.07) is 17.0. The summed E-state index contributed by atoms with van der Waals surface area (Å²) in [7, 11) is 1.56. The van der Waals surface area contributed by atoms with Gasteiger partial charge in [0.05, 0.1) is 12.8 Å². The first kappa shape index (κ1) is 22.4. The molecule has 0 saturated heterocycles. The molecule has 6 heteroatoms. The Bertz CT molecular complexity index is 1130. The molecule has 0 radical (unpaired) electrons. The van der Waals surface area contributed by atoms with Crippen molar-refractivity contribution in [2.24, 2.45) is 4.99 Å². The smallest absolute Gasteiger partial charge is 0.262 e. The lowest BCUT2D eigenvalue weighted by atomic mass is 10.1. The minimum Gasteiger partial charge on any atom is -0.493 e. The van der Waals surface area contributed by atoms with Crippen LogP contribution in [0.4, 0.5) is 11.4 Å². The topological polar surface area (TPSA) is 59.9 Å². The molecule has 0 unspecified atom stereocenters. The first-order valence-corrected chi connectivity index (χ1v) is 10.2. The molecule has 5 nitrogen and oxygen atoms in total. The number of aliphatic imine (C=N–C) groups is 1. The van der Waals surface area contributed by atoms with E-state index in [1.54, 1.807) is 31.5 Å². The summed E-state index contributed by atoms with van der Waals surface area (Å²) in [5, 5.41) is 3.36. The van der Waals surface area contributed by atoms with E-state index in [1.165, 1.54) is 0 Å². The molecule has 0 aliphatic heterocycles. The highest BCUT2D eigenvalue weighted by molar-refractivity contribution is 6.31. The van der Waals surface area contributed by atoms with Crippen LogP contribution in [-0.2, 0) is 4.79 Å². The van der Waals surface area contributed by atoms with E-state index >= 15 is 0 Å². The zero-order valence-corrected chi connectivity index (χ0v) is 18.8. The van der Waals surface area contributed by atoms with Crippen LogP contribution >= 0.6 is 11.6 Å². The SMILES string of the molecule is COc1cc(C=Nc2cc(C)ccc2C)ccc1OCC(=O)Nc1ccc(C)c(Cl)c1. The molecule has 0 fully saturated rings. The average molecular weight is 437 g/mol. The van der Waals surface area contributed by atoms with Crippen molar-refractivity contribution in [3.63, 3.8) is 0 Å². The molecule has 0 aromatic heterocycles. The second kappa shape index (κ2) is 10.1. The van der Waals surface area contributed by atoms with Gasteiger partial charge in [0.1, 0.15) is 0 Å². The summed E-state index contributed by atoms with van der Waals surface area (Å²) in [6.45, 7) is 5.81. The molecule has 1 amide bonds. The Kier molecular flexibility index (Phi) is 7.32. The van der Waals surface area contributed by atoms with E-state index in [0.29, 0.717) is 22.2 Å². The maximum atomic E-state index is 12.2. The van der Waals surface area contributed by atoms with Crippen LogP contribution in [0.3, 0.4) is 0 Å². The zero-order chi connectivity index (χ0) is 22.4. The highest BCUT2D eigenvalue weighted by Crippen LogP contribution is 2.28. The number of nitrogens with zero attached hydrogens (tertiary/aromatic N) is 1. The third kappa shape index (κ3) is 6.09. The number of aryl methyl sites for hydroxylation is 3. The lowest BCUT2D eigenvalue weighted by Crippen LogP contribution is -2.20. The molecule has 3 rings (SSSR count). The molecule has 0 saturated carbocycles. The van der Waals surface area contributed by atoms with Crippen molar-refractivity contribution in [1.82, 2.24) is 0 Å². The predicted molar refractivity (Wildman–Crippen MR) is 126 cm³/mol. The van der Waals surface area contributed by atoms with Crippen molar-refractivity contribution in [3.05, 3.63) is 81.9 Å². The van der Waals surface area contributed by atoms with E-state index in [-0.39, 0.29) is 12.5 Å². The Labute approximate surface area is 187 Å². The number of carbonyl (C=O) groups excluding carboxylic acids is 1. The quantitative estimate of drug-likeness (QED) is 0.459. The number of rotatable bonds is 7. The Morgan fingerprint density at radius 2 is 1.77 bits per heavy atom. The molecule has 3 aromatic rings. The molecular formula is C25H25ClN2O3. The van der Waals surface area contributed by atoms with Gasteiger partial charge in [0.15, 0.2) is 18.1 Å². The average Bonchev–Trinajstić information content (AvgIpc) is 2.75. The normalized spacial score (nSPS) is 10.9. The fraction of sp³-hybridized carbons (Fsp3) is 0.200. The van der Waals surface area contributed by atoms with Crippen molar-refractivity contribution >= 4 is 35.1 Å². The van der Waals surface area contributed by atoms with Gasteiger partial charge in [-0.1, -0.05) is 29.8 Å². The fourth-order valence-electron chi connectivity index (χ4n) is 2.90. The molecule has 0 bridgehead atoms. The van der Waals surface area contributed by atoms with Gasteiger partial charge in [-0.25, -0.2) is 0 Å². The van der Waals surface area contributed by atoms with E-state index in [1.807, 2.05) is 45.0 Å². The number of benzene rings is 3. The van der Waals surface area contributed by atoms with Gasteiger partial charge in [0.2, 0.25) is 0 Å². The predicted octanol–water partition coefficient (Wildman–Crippen LogP) is 6.04. The minimum atomic E-state index is -0.289. The highest BCUT2D eigenvalue weighted by atomic mass is 35.5. The monoisotopic (exact) mass is 436 g/mol. The molecular weight excluding hydrogens is 412 g/mol. The van der Waals surface area contributed by atoms with Crippen LogP contribution in [0.15, 0.2) is 59.6 Å². The lowest BCUT2D eigenvalue weighted by molar-refractivity contribution is -0.118. The summed E-state index contributed by atoms with van der Waals surface area (Å²) in [4.78, 5) is 16.8. The van der Waals surface area contributed by atoms with Gasteiger partial charge in [-0.05, 0) is 79.4 Å². The van der Waals surface area contributed by atoms with E-state index in [0.717, 1.165) is 27.9 Å². The number of nitrogens with one attached hydrogen (secondary N) is 1. The number of ether oxygens (including phenoxy) is 2. The fourth-order valence-corrected chi connectivity index (χ4v) is 3.08. The molecule has 3 aromatic carbocycles. The van der Waals surface area contributed by atoms with Gasteiger partial charge >= 0.3 is 0 Å². The van der Waals surface area contributed by atoms with Crippen molar-refractivity contribution < 1.29 is 14.3 Å². The second-order valence-corrected chi connectivity index (χ2v) is 7.67. The maximum absolute atomic E-state index is 12.2. The Morgan fingerprint density at radius 3 is 2.52 bits per heavy atom. The van der Waals surface area contributed by atoms with Crippen molar-refractivity contribution in [2.75, 3.05) is 19.0 Å². The van der Waals surface area contributed by atoms with Gasteiger partial charge < -0.3 is 14.8 Å². The minimum absolute atomic E-state index is 0.155. The molecule has 31 heavy (non-hydrogen) atoms. The van der Waals surface area contributed by atoms with Crippen molar-refractivity contribution in [2.45, 2.75) is 20.8 Å². The van der Waals surface area contributed by atoms with Gasteiger partial charge in [-0.2, -0.15) is 0 Å². The molecule has 0 aliphatic rings. The number of halogens is 1. The van der Waals surface area contributed by atoms with Crippen LogP contribution in [-0.4, -0.2) is 25.8 Å². The Morgan fingerprint density at radius 1 is 1.00 bits per heavy atom. The molecule has 160 valence electrons. The number of amides is 1. The number of methoxy groups -OCH3 is 1. The number of hydrogen-bond acceptors (Lipinski definition) is 4. The summed E-state index contributed by atoms with van der Waals surface area (Å²) < 4.78 is 11.1. The second-order valence-electron chi connectivity index (χ2n) is 7.26. The third-order valence-corrected chi connectivity index (χ3v) is 5.13. The number of anilines is 1. The van der Waals surface area contributed by atoms with Gasteiger partial charge in [0, 0.05) is 16.9 Å². The van der Waals surface area contributed by atoms with Crippen LogP contribution in [0.25, 0.3) is 0 Å². The van der Waals surface area contributed by atoms with Gasteiger partial charge in [-0.3, -0.25) is 9.79 Å². The summed E-state index contributed by atoms with van der Waals surface area (Å²) >= 11 is 6.10. The molecule has 0 heterocycles. The Balaban J connectivity index is 1.65. The number of hydrogen-bond donors (Lipinski definition) is 1. The van der Waals surface area contributed by atoms with Crippen LogP contribution < -0.4 is 14.8 Å². The third-order valence-electron chi connectivity index (χ3n) is 4.72. The van der Waals surface area contributed by atoms with E-state index in [2.05, 4.69) is 22.4 Å². The van der Waals surface area contributed by atoms with Gasteiger partial charge in [0.25, 0.3) is 5.91 Å². The summed E-state index contributed by atoms with van der Waals surface area (Å²) in [5.74, 6) is 0.710. The Hall–Kier alpha value is -3.31. The van der Waals surface area contributed by atoms with E-state index in [4.69, 9.17) is 21.1 Å². The number of carbonyl (C=O) groups is 1. The van der Waals surface area contributed by atoms with Gasteiger partial charge in [-0.15, -0.1) is 0 Å². The van der Waals surface area contributed by atoms with Crippen LogP contribution in [0.2, 0.25) is 5.02 Å². The van der Waals surface area contributed by atoms with Crippen molar-refractivity contribution in [1.29, 1.82) is 0 Å². The maximum Gasteiger partial charge on any atom is 0.262 e. The lowest BCUT2D eigenvalue weighted by Gasteiger charge is -2.12. The first-order valence-electron chi connectivity index (χ1n) is 9.84. The standard InChI is InChI=1S/C25H25ClN2O3/c1-16-5-6-18(3)22(11-16)27-14-19-8-10-23(24(12-19)30-4)31-15-25(29)28-20-9-7-17(2)21(26)13-20/h5-14H,15H2,1-4H3,(H,28,29). The summed E-state index contributed by atoms with van der Waals surface area (Å²) in [5.41, 5.74) is 5.62. The molecule has 0 atom stereocenters. The zero-order valence-electron chi connectivity index (χ0n) is 18.0. The van der Waals surface area contributed by atoms with Crippen LogP contribution in [0.1, 0.15) is 22.3 Å². The largest absolute Gasteiger partial charge is 0.493 e. The van der Waals surface area contributed by atoms with E-state index in [9.17, 15) is 4.79 Å². The van der Waals surface area contributed by atoms with Crippen molar-refractivity contribution in [3.8, 4) is 11.5 Å². The molecule has 0 aliphatic carbocycles. The first-order chi connectivity index (χ1) is 14.9. The van der Waals surface area contributed by atoms with E-state index < -0.39 is 0 Å². The highest BCUT2D eigenvalue weighted by Gasteiger charge is 2.09. The summed E-state index contributed by atoms with van der Waals surface area (Å²) in [6.07, 6.45) is 1.78.